The molecule has 1 atom stereocenters. The minimum absolute atomic E-state index is 0.283. The summed E-state index contributed by atoms with van der Waals surface area (Å²) < 4.78 is 32.7. The molecule has 1 unspecified atom stereocenters. The number of carbonyl (C=O) groups is 2. The average molecular weight is 438 g/mol. The van der Waals surface area contributed by atoms with Gasteiger partial charge in [0, 0.05) is 13.1 Å². The van der Waals surface area contributed by atoms with Crippen molar-refractivity contribution in [1.29, 1.82) is 0 Å². The van der Waals surface area contributed by atoms with Gasteiger partial charge in [-0.25, -0.2) is 13.2 Å². The first kappa shape index (κ1) is 21.4. The molecule has 0 N–H and O–H groups in total. The molecule has 1 saturated heterocycles. The molecule has 1 aromatic heterocycles. The number of hydrogen-bond donors (Lipinski definition) is 0. The van der Waals surface area contributed by atoms with Gasteiger partial charge in [0.15, 0.2) is 4.80 Å². The second-order valence-corrected chi connectivity index (χ2v) is 9.61. The van der Waals surface area contributed by atoms with E-state index < -0.39 is 27.9 Å². The van der Waals surface area contributed by atoms with Crippen molar-refractivity contribution in [2.75, 3.05) is 19.4 Å². The summed E-state index contributed by atoms with van der Waals surface area (Å²) in [7, 11) is -3.47. The summed E-state index contributed by atoms with van der Waals surface area (Å²) in [6.45, 7) is 6.52. The van der Waals surface area contributed by atoms with Crippen LogP contribution >= 0.6 is 11.3 Å². The number of rotatable bonds is 6. The van der Waals surface area contributed by atoms with Gasteiger partial charge in [0.05, 0.1) is 28.6 Å². The van der Waals surface area contributed by atoms with E-state index in [-0.39, 0.29) is 6.61 Å². The number of esters is 1. The summed E-state index contributed by atoms with van der Waals surface area (Å²) in [4.78, 5) is 29.5. The van der Waals surface area contributed by atoms with Gasteiger partial charge in [-0.3, -0.25) is 4.79 Å². The van der Waals surface area contributed by atoms with Crippen LogP contribution in [0.4, 0.5) is 0 Å². The van der Waals surface area contributed by atoms with E-state index in [0.717, 1.165) is 16.5 Å². The molecule has 156 valence electrons. The van der Waals surface area contributed by atoms with Crippen molar-refractivity contribution in [1.82, 2.24) is 8.87 Å². The van der Waals surface area contributed by atoms with Gasteiger partial charge in [-0.15, -0.1) is 6.58 Å². The lowest BCUT2D eigenvalue weighted by Crippen LogP contribution is -2.39. The van der Waals surface area contributed by atoms with E-state index in [9.17, 15) is 18.0 Å². The van der Waals surface area contributed by atoms with E-state index in [1.807, 2.05) is 4.57 Å². The zero-order valence-corrected chi connectivity index (χ0v) is 18.0. The van der Waals surface area contributed by atoms with Gasteiger partial charge >= 0.3 is 5.97 Å². The smallest absolute Gasteiger partial charge is 0.338 e. The minimum Gasteiger partial charge on any atom is -0.462 e. The Hall–Kier alpha value is -2.30. The maximum atomic E-state index is 12.8. The molecule has 1 aromatic carbocycles. The van der Waals surface area contributed by atoms with Crippen molar-refractivity contribution in [3.05, 3.63) is 41.2 Å². The van der Waals surface area contributed by atoms with Crippen LogP contribution in [0.5, 0.6) is 0 Å². The summed E-state index contributed by atoms with van der Waals surface area (Å²) in [5.41, 5.74) is 1.23. The highest BCUT2D eigenvalue weighted by Gasteiger charge is 2.36. The molecule has 0 aliphatic carbocycles. The van der Waals surface area contributed by atoms with Gasteiger partial charge < -0.3 is 9.30 Å². The van der Waals surface area contributed by atoms with Gasteiger partial charge in [-0.05, 0) is 38.0 Å². The van der Waals surface area contributed by atoms with Crippen LogP contribution in [-0.2, 0) is 26.1 Å². The molecule has 3 rings (SSSR count). The molecule has 0 saturated carbocycles. The first-order valence-corrected chi connectivity index (χ1v) is 11.9. The van der Waals surface area contributed by atoms with E-state index in [2.05, 4.69) is 11.6 Å². The summed E-state index contributed by atoms with van der Waals surface area (Å²) in [5, 5.41) is 0. The van der Waals surface area contributed by atoms with Gasteiger partial charge in [-0.2, -0.15) is 9.30 Å². The van der Waals surface area contributed by atoms with Crippen molar-refractivity contribution < 1.29 is 22.7 Å². The molecule has 1 amide bonds. The highest BCUT2D eigenvalue weighted by atomic mass is 32.2. The monoisotopic (exact) mass is 437 g/mol. The molecule has 2 heterocycles. The highest BCUT2D eigenvalue weighted by molar-refractivity contribution is 7.88. The number of benzene rings is 1. The van der Waals surface area contributed by atoms with Gasteiger partial charge in [0.25, 0.3) is 5.91 Å². The van der Waals surface area contributed by atoms with E-state index in [1.54, 1.807) is 31.2 Å². The van der Waals surface area contributed by atoms with Crippen molar-refractivity contribution >= 4 is 43.5 Å². The molecule has 2 aromatic rings. The Morgan fingerprint density at radius 2 is 2.17 bits per heavy atom. The Morgan fingerprint density at radius 3 is 2.83 bits per heavy atom. The fraction of sp³-hybridized carbons (Fsp3) is 0.421. The molecule has 1 aliphatic rings. The molecular weight excluding hydrogens is 414 g/mol. The molecule has 8 nitrogen and oxygen atoms in total. The van der Waals surface area contributed by atoms with Crippen molar-refractivity contribution in [2.24, 2.45) is 4.99 Å². The van der Waals surface area contributed by atoms with Crippen molar-refractivity contribution in [3.8, 4) is 0 Å². The number of carbonyl (C=O) groups excluding carboxylic acids is 2. The fourth-order valence-electron chi connectivity index (χ4n) is 3.36. The lowest BCUT2D eigenvalue weighted by Gasteiger charge is -2.18. The summed E-state index contributed by atoms with van der Waals surface area (Å²) in [6.07, 6.45) is 3.87. The lowest BCUT2D eigenvalue weighted by molar-refractivity contribution is -0.121. The van der Waals surface area contributed by atoms with Crippen LogP contribution in [0, 0.1) is 0 Å². The Labute approximate surface area is 173 Å². The van der Waals surface area contributed by atoms with Gasteiger partial charge in [0.2, 0.25) is 10.0 Å². The SMILES string of the molecule is C=CCn1c(=NC(=O)C2CCCN2S(C)(=O)=O)sc2cc(C(=O)OCC)ccc21. The second-order valence-electron chi connectivity index (χ2n) is 6.67. The number of thiazole rings is 1. The number of allylic oxidation sites excluding steroid dienone is 1. The number of aromatic nitrogens is 1. The standard InChI is InChI=1S/C19H23N3O5S2/c1-4-10-21-14-9-8-13(18(24)27-5-2)12-16(14)28-19(21)20-17(23)15-7-6-11-22(15)29(3,25)26/h4,8-9,12,15H,1,5-7,10-11H2,2-3H3. The third-order valence-electron chi connectivity index (χ3n) is 4.63. The zero-order chi connectivity index (χ0) is 21.2. The van der Waals surface area contributed by atoms with Crippen LogP contribution in [0.15, 0.2) is 35.8 Å². The Kier molecular flexibility index (Phi) is 6.35. The van der Waals surface area contributed by atoms with Crippen molar-refractivity contribution in [3.63, 3.8) is 0 Å². The van der Waals surface area contributed by atoms with Gasteiger partial charge in [0.1, 0.15) is 6.04 Å². The Balaban J connectivity index is 2.05. The van der Waals surface area contributed by atoms with E-state index in [1.165, 1.54) is 15.6 Å². The third kappa shape index (κ3) is 4.49. The molecule has 1 aliphatic heterocycles. The van der Waals surface area contributed by atoms with Crippen LogP contribution in [0.3, 0.4) is 0 Å². The molecule has 1 fully saturated rings. The van der Waals surface area contributed by atoms with Crippen LogP contribution in [0.25, 0.3) is 10.2 Å². The van der Waals surface area contributed by atoms with Crippen molar-refractivity contribution in [2.45, 2.75) is 32.4 Å². The fourth-order valence-corrected chi connectivity index (χ4v) is 5.56. The maximum Gasteiger partial charge on any atom is 0.338 e. The number of ether oxygens (including phenoxy) is 1. The number of fused-ring (bicyclic) bond motifs is 1. The first-order chi connectivity index (χ1) is 13.8. The molecule has 0 radical (unpaired) electrons. The molecule has 0 bridgehead atoms. The largest absolute Gasteiger partial charge is 0.462 e. The predicted octanol–water partition coefficient (Wildman–Crippen LogP) is 1.92. The second kappa shape index (κ2) is 8.60. The maximum absolute atomic E-state index is 12.8. The topological polar surface area (TPSA) is 98.0 Å². The summed E-state index contributed by atoms with van der Waals surface area (Å²) >= 11 is 1.26. The quantitative estimate of drug-likeness (QED) is 0.508. The molecular formula is C19H23N3O5S2. The minimum atomic E-state index is -3.47. The van der Waals surface area contributed by atoms with Crippen LogP contribution < -0.4 is 4.80 Å². The summed E-state index contributed by atoms with van der Waals surface area (Å²) in [5.74, 6) is -0.898. The normalized spacial score (nSPS) is 18.3. The van der Waals surface area contributed by atoms with Crippen LogP contribution in [0.2, 0.25) is 0 Å². The number of hydrogen-bond acceptors (Lipinski definition) is 6. The summed E-state index contributed by atoms with van der Waals surface area (Å²) in [6, 6.07) is 4.38. The number of nitrogens with zero attached hydrogens (tertiary/aromatic N) is 3. The Bertz CT molecular complexity index is 1130. The Morgan fingerprint density at radius 1 is 1.41 bits per heavy atom. The third-order valence-corrected chi connectivity index (χ3v) is 6.96. The van der Waals surface area contributed by atoms with E-state index in [0.29, 0.717) is 36.3 Å². The average Bonchev–Trinajstić information content (AvgIpc) is 3.27. The van der Waals surface area contributed by atoms with Crippen LogP contribution in [-0.4, -0.2) is 54.6 Å². The first-order valence-electron chi connectivity index (χ1n) is 9.23. The van der Waals surface area contributed by atoms with Crippen LogP contribution in [0.1, 0.15) is 30.1 Å². The molecule has 10 heteroatoms. The van der Waals surface area contributed by atoms with Gasteiger partial charge in [-0.1, -0.05) is 17.4 Å². The number of amides is 1. The number of sulfonamides is 1. The molecule has 0 spiro atoms. The van der Waals surface area contributed by atoms with E-state index >= 15 is 0 Å². The molecule has 29 heavy (non-hydrogen) atoms. The lowest BCUT2D eigenvalue weighted by atomic mass is 10.2. The zero-order valence-electron chi connectivity index (χ0n) is 16.3. The predicted molar refractivity (Wildman–Crippen MR) is 111 cm³/mol. The van der Waals surface area contributed by atoms with E-state index in [4.69, 9.17) is 4.74 Å². The highest BCUT2D eigenvalue weighted by Crippen LogP contribution is 2.23.